The van der Waals surface area contributed by atoms with Crippen molar-refractivity contribution in [3.05, 3.63) is 64.5 Å². The highest BCUT2D eigenvalue weighted by Gasteiger charge is 2.25. The minimum atomic E-state index is 0.390. The summed E-state index contributed by atoms with van der Waals surface area (Å²) in [6.45, 7) is 10.2. The monoisotopic (exact) mass is 362 g/mol. The molecule has 0 aliphatic heterocycles. The van der Waals surface area contributed by atoms with Crippen molar-refractivity contribution < 1.29 is 0 Å². The lowest BCUT2D eigenvalue weighted by atomic mass is 9.96. The molecule has 0 saturated heterocycles. The number of benzene rings is 1. The molecule has 1 heterocycles. The highest BCUT2D eigenvalue weighted by Crippen LogP contribution is 2.33. The number of allylic oxidation sites excluding steroid dienone is 1. The molecule has 2 atom stereocenters. The van der Waals surface area contributed by atoms with Crippen LogP contribution in [0, 0.1) is 25.2 Å². The third-order valence-corrected chi connectivity index (χ3v) is 5.54. The highest BCUT2D eigenvalue weighted by molar-refractivity contribution is 5.35. The summed E-state index contributed by atoms with van der Waals surface area (Å²) >= 11 is 0. The van der Waals surface area contributed by atoms with Crippen molar-refractivity contribution in [2.75, 3.05) is 0 Å². The average molecular weight is 363 g/mol. The number of nitriles is 1. The third kappa shape index (κ3) is 4.48. The van der Waals surface area contributed by atoms with Crippen LogP contribution in [0.15, 0.2) is 36.4 Å². The summed E-state index contributed by atoms with van der Waals surface area (Å²) in [5.74, 6) is 0.979. The molecule has 0 spiro atoms. The number of aryl methyl sites for hydroxylation is 2. The van der Waals surface area contributed by atoms with Gasteiger partial charge in [0.25, 0.3) is 0 Å². The Bertz CT molecular complexity index is 836. The SMILES string of the molecule is Cc1nn(CCC#N)c(C)c1C1C=CC(NCc2ccc(C(C)C)cc2)C1. The third-order valence-electron chi connectivity index (χ3n) is 5.54. The van der Waals surface area contributed by atoms with Crippen LogP contribution in [0.4, 0.5) is 0 Å². The molecule has 3 rings (SSSR count). The fraction of sp³-hybridized carbons (Fsp3) is 0.478. The van der Waals surface area contributed by atoms with Gasteiger partial charge < -0.3 is 5.32 Å². The fourth-order valence-electron chi connectivity index (χ4n) is 3.95. The van der Waals surface area contributed by atoms with Gasteiger partial charge in [-0.25, -0.2) is 0 Å². The van der Waals surface area contributed by atoms with E-state index in [2.05, 4.69) is 80.6 Å². The first-order valence-corrected chi connectivity index (χ1v) is 9.91. The first-order chi connectivity index (χ1) is 13.0. The second-order valence-corrected chi connectivity index (χ2v) is 7.83. The van der Waals surface area contributed by atoms with Crippen LogP contribution in [0.25, 0.3) is 0 Å². The van der Waals surface area contributed by atoms with Crippen LogP contribution in [0.5, 0.6) is 0 Å². The molecule has 4 heteroatoms. The second-order valence-electron chi connectivity index (χ2n) is 7.83. The van der Waals surface area contributed by atoms with Crippen molar-refractivity contribution in [3.8, 4) is 6.07 Å². The number of aromatic nitrogens is 2. The largest absolute Gasteiger partial charge is 0.306 e. The van der Waals surface area contributed by atoms with Crippen molar-refractivity contribution in [1.29, 1.82) is 5.26 Å². The Hall–Kier alpha value is -2.38. The number of nitrogens with zero attached hydrogens (tertiary/aromatic N) is 3. The van der Waals surface area contributed by atoms with Gasteiger partial charge in [0, 0.05) is 29.8 Å². The van der Waals surface area contributed by atoms with Gasteiger partial charge in [-0.3, -0.25) is 4.68 Å². The van der Waals surface area contributed by atoms with Gasteiger partial charge >= 0.3 is 0 Å². The Morgan fingerprint density at radius 2 is 1.96 bits per heavy atom. The molecule has 0 amide bonds. The van der Waals surface area contributed by atoms with Gasteiger partial charge in [0.2, 0.25) is 0 Å². The maximum Gasteiger partial charge on any atom is 0.0641 e. The quantitative estimate of drug-likeness (QED) is 0.724. The topological polar surface area (TPSA) is 53.6 Å². The lowest BCUT2D eigenvalue weighted by Gasteiger charge is -2.15. The first kappa shape index (κ1) is 19.4. The van der Waals surface area contributed by atoms with Crippen molar-refractivity contribution in [3.63, 3.8) is 0 Å². The van der Waals surface area contributed by atoms with E-state index in [1.54, 1.807) is 0 Å². The van der Waals surface area contributed by atoms with E-state index in [1.165, 1.54) is 22.4 Å². The van der Waals surface area contributed by atoms with Crippen LogP contribution in [0.3, 0.4) is 0 Å². The minimum absolute atomic E-state index is 0.390. The smallest absolute Gasteiger partial charge is 0.0641 e. The molecule has 1 aromatic carbocycles. The Morgan fingerprint density at radius 1 is 1.22 bits per heavy atom. The van der Waals surface area contributed by atoms with Crippen LogP contribution in [0.2, 0.25) is 0 Å². The van der Waals surface area contributed by atoms with Gasteiger partial charge in [0.15, 0.2) is 0 Å². The molecule has 27 heavy (non-hydrogen) atoms. The molecule has 142 valence electrons. The average Bonchev–Trinajstić information content (AvgIpc) is 3.22. The van der Waals surface area contributed by atoms with E-state index in [1.807, 2.05) is 4.68 Å². The maximum absolute atomic E-state index is 8.83. The molecule has 4 nitrogen and oxygen atoms in total. The Morgan fingerprint density at radius 3 is 2.63 bits per heavy atom. The van der Waals surface area contributed by atoms with Gasteiger partial charge in [0.05, 0.1) is 24.7 Å². The zero-order valence-corrected chi connectivity index (χ0v) is 16.9. The number of hydrogen-bond donors (Lipinski definition) is 1. The molecule has 2 aromatic rings. The van der Waals surface area contributed by atoms with E-state index in [9.17, 15) is 0 Å². The molecule has 1 aromatic heterocycles. The van der Waals surface area contributed by atoms with Crippen molar-refractivity contribution in [2.24, 2.45) is 0 Å². The number of nitrogens with one attached hydrogen (secondary N) is 1. The molecule has 0 radical (unpaired) electrons. The van der Waals surface area contributed by atoms with Crippen molar-refractivity contribution in [1.82, 2.24) is 15.1 Å². The number of rotatable bonds is 7. The van der Waals surface area contributed by atoms with E-state index < -0.39 is 0 Å². The van der Waals surface area contributed by atoms with Crippen LogP contribution < -0.4 is 5.32 Å². The van der Waals surface area contributed by atoms with Gasteiger partial charge in [-0.1, -0.05) is 50.3 Å². The zero-order chi connectivity index (χ0) is 19.4. The molecule has 0 bridgehead atoms. The fourth-order valence-corrected chi connectivity index (χ4v) is 3.95. The summed E-state index contributed by atoms with van der Waals surface area (Å²) in [5.41, 5.74) is 6.33. The molecule has 1 aliphatic carbocycles. The Kier molecular flexibility index (Phi) is 6.13. The van der Waals surface area contributed by atoms with Gasteiger partial charge in [-0.15, -0.1) is 0 Å². The molecule has 1 N–H and O–H groups in total. The summed E-state index contributed by atoms with van der Waals surface area (Å²) in [4.78, 5) is 0. The summed E-state index contributed by atoms with van der Waals surface area (Å²) < 4.78 is 1.98. The normalized spacial score (nSPS) is 19.0. The summed E-state index contributed by atoms with van der Waals surface area (Å²) in [6.07, 6.45) is 6.17. The lowest BCUT2D eigenvalue weighted by Crippen LogP contribution is -2.25. The van der Waals surface area contributed by atoms with Crippen LogP contribution in [0.1, 0.15) is 66.6 Å². The van der Waals surface area contributed by atoms with Crippen molar-refractivity contribution >= 4 is 0 Å². The molecular formula is C23H30N4. The first-order valence-electron chi connectivity index (χ1n) is 9.91. The standard InChI is InChI=1S/C23H30N4/c1-16(2)20-8-6-19(7-9-20)15-25-22-11-10-21(14-22)23-17(3)26-27(18(23)4)13-5-12-24/h6-11,16,21-22,25H,5,13-15H2,1-4H3. The summed E-state index contributed by atoms with van der Waals surface area (Å²) in [5, 5.41) is 17.1. The van der Waals surface area contributed by atoms with Gasteiger partial charge in [0.1, 0.15) is 0 Å². The Labute approximate surface area is 162 Å². The molecule has 1 aliphatic rings. The second kappa shape index (κ2) is 8.54. The van der Waals surface area contributed by atoms with Crippen LogP contribution in [-0.4, -0.2) is 15.8 Å². The summed E-state index contributed by atoms with van der Waals surface area (Å²) in [7, 11) is 0. The van der Waals surface area contributed by atoms with E-state index >= 15 is 0 Å². The number of hydrogen-bond acceptors (Lipinski definition) is 3. The van der Waals surface area contributed by atoms with Crippen LogP contribution >= 0.6 is 0 Å². The van der Waals surface area contributed by atoms with Crippen molar-refractivity contribution in [2.45, 2.75) is 71.5 Å². The lowest BCUT2D eigenvalue weighted by molar-refractivity contribution is 0.557. The van der Waals surface area contributed by atoms with Gasteiger partial charge in [-0.2, -0.15) is 10.4 Å². The zero-order valence-electron chi connectivity index (χ0n) is 16.9. The highest BCUT2D eigenvalue weighted by atomic mass is 15.3. The molecule has 0 fully saturated rings. The van der Waals surface area contributed by atoms with Crippen LogP contribution in [-0.2, 0) is 13.1 Å². The predicted octanol–water partition coefficient (Wildman–Crippen LogP) is 4.74. The minimum Gasteiger partial charge on any atom is -0.306 e. The molecular weight excluding hydrogens is 332 g/mol. The predicted molar refractivity (Wildman–Crippen MR) is 110 cm³/mol. The van der Waals surface area contributed by atoms with E-state index in [0.717, 1.165) is 18.7 Å². The maximum atomic E-state index is 8.83. The Balaban J connectivity index is 1.58. The van der Waals surface area contributed by atoms with E-state index in [0.29, 0.717) is 30.8 Å². The summed E-state index contributed by atoms with van der Waals surface area (Å²) in [6, 6.07) is 11.5. The molecule has 0 saturated carbocycles. The van der Waals surface area contributed by atoms with E-state index in [-0.39, 0.29) is 0 Å². The van der Waals surface area contributed by atoms with Gasteiger partial charge in [-0.05, 0) is 37.3 Å². The van der Waals surface area contributed by atoms with E-state index in [4.69, 9.17) is 5.26 Å². The molecule has 2 unspecified atom stereocenters.